The number of halogens is 2. The van der Waals surface area contributed by atoms with E-state index in [0.29, 0.717) is 38.0 Å². The summed E-state index contributed by atoms with van der Waals surface area (Å²) in [6.07, 6.45) is 2.40. The van der Waals surface area contributed by atoms with Crippen LogP contribution in [0.25, 0.3) is 31.8 Å². The third-order valence-electron chi connectivity index (χ3n) is 6.65. The van der Waals surface area contributed by atoms with Gasteiger partial charge in [-0.05, 0) is 38.5 Å². The minimum Gasteiger partial charge on any atom is -0.485 e. The van der Waals surface area contributed by atoms with Crippen LogP contribution in [-0.4, -0.2) is 67.1 Å². The second kappa shape index (κ2) is 12.0. The molecular weight excluding hydrogens is 587 g/mol. The molecule has 0 unspecified atom stereocenters. The molecule has 3 aromatic heterocycles. The van der Waals surface area contributed by atoms with E-state index in [1.807, 2.05) is 19.1 Å². The first-order valence-electron chi connectivity index (χ1n) is 12.8. The Kier molecular flexibility index (Phi) is 8.34. The Labute approximate surface area is 248 Å². The molecule has 3 heterocycles. The topological polar surface area (TPSA) is 144 Å². The van der Waals surface area contributed by atoms with Gasteiger partial charge in [0.1, 0.15) is 27.5 Å². The zero-order valence-electron chi connectivity index (χ0n) is 23.0. The highest BCUT2D eigenvalue weighted by Crippen LogP contribution is 2.41. The molecule has 0 saturated carbocycles. The van der Waals surface area contributed by atoms with Crippen molar-refractivity contribution in [2.75, 3.05) is 18.6 Å². The standard InChI is InChI=1S/C28H26ClFN6O5S/c1-13-7-17(25-18(8-13)34-22(40-4)12-33-25)27-35-26-20(42-27)9-19(24(30)23(26)29)41-15(3)14(2)36(28(38)39)16-10-31-21(5-6-37)32-11-16/h7-12,14-15,37H,5-6H2,1-4H3,(H,38,39)/t14-,15+/m1/s1. The molecule has 0 bridgehead atoms. The number of hydrogen-bond donors (Lipinski definition) is 2. The van der Waals surface area contributed by atoms with E-state index in [1.54, 1.807) is 13.8 Å². The molecule has 0 radical (unpaired) electrons. The molecule has 218 valence electrons. The lowest BCUT2D eigenvalue weighted by Crippen LogP contribution is -2.46. The summed E-state index contributed by atoms with van der Waals surface area (Å²) in [5.41, 5.74) is 3.36. The lowest BCUT2D eigenvalue weighted by Gasteiger charge is -2.31. The number of anilines is 1. The van der Waals surface area contributed by atoms with Gasteiger partial charge in [-0.2, -0.15) is 0 Å². The minimum atomic E-state index is -1.26. The van der Waals surface area contributed by atoms with Crippen LogP contribution in [0.15, 0.2) is 36.8 Å². The third kappa shape index (κ3) is 5.62. The number of fused-ring (bicyclic) bond motifs is 2. The molecule has 2 atom stereocenters. The Morgan fingerprint density at radius 1 is 1.12 bits per heavy atom. The van der Waals surface area contributed by atoms with Gasteiger partial charge in [0, 0.05) is 18.1 Å². The van der Waals surface area contributed by atoms with Crippen molar-refractivity contribution < 1.29 is 28.9 Å². The van der Waals surface area contributed by atoms with Crippen LogP contribution >= 0.6 is 22.9 Å². The first-order valence-corrected chi connectivity index (χ1v) is 14.0. The first-order chi connectivity index (χ1) is 20.1. The van der Waals surface area contributed by atoms with Crippen LogP contribution in [0, 0.1) is 12.7 Å². The number of aliphatic hydroxyl groups excluding tert-OH is 1. The molecule has 2 N–H and O–H groups in total. The van der Waals surface area contributed by atoms with Crippen molar-refractivity contribution in [2.24, 2.45) is 0 Å². The van der Waals surface area contributed by atoms with Gasteiger partial charge in [-0.15, -0.1) is 11.3 Å². The molecule has 0 saturated heterocycles. The molecule has 0 aliphatic heterocycles. The number of aromatic nitrogens is 5. The summed E-state index contributed by atoms with van der Waals surface area (Å²) < 4.78 is 27.2. The number of aliphatic hydroxyl groups is 1. The molecule has 11 nitrogen and oxygen atoms in total. The number of methoxy groups -OCH3 is 1. The fourth-order valence-electron chi connectivity index (χ4n) is 4.42. The number of carboxylic acid groups (broad SMARTS) is 1. The van der Waals surface area contributed by atoms with E-state index in [0.717, 1.165) is 10.5 Å². The average molecular weight is 613 g/mol. The molecule has 42 heavy (non-hydrogen) atoms. The quantitative estimate of drug-likeness (QED) is 0.213. The van der Waals surface area contributed by atoms with Gasteiger partial charge in [0.15, 0.2) is 11.6 Å². The van der Waals surface area contributed by atoms with Gasteiger partial charge in [-0.1, -0.05) is 11.6 Å². The Bertz CT molecular complexity index is 1790. The molecule has 5 aromatic rings. The molecule has 14 heteroatoms. The smallest absolute Gasteiger partial charge is 0.412 e. The second-order valence-corrected chi connectivity index (χ2v) is 10.9. The summed E-state index contributed by atoms with van der Waals surface area (Å²) >= 11 is 7.73. The van der Waals surface area contributed by atoms with Crippen molar-refractivity contribution in [1.82, 2.24) is 24.9 Å². The number of rotatable bonds is 9. The number of thiazole rings is 1. The molecule has 0 spiro atoms. The lowest BCUT2D eigenvalue weighted by molar-refractivity contribution is 0.167. The molecule has 0 fully saturated rings. The van der Waals surface area contributed by atoms with E-state index in [-0.39, 0.29) is 35.0 Å². The first kappa shape index (κ1) is 29.3. The van der Waals surface area contributed by atoms with Crippen molar-refractivity contribution in [2.45, 2.75) is 39.3 Å². The van der Waals surface area contributed by atoms with Gasteiger partial charge >= 0.3 is 6.09 Å². The summed E-state index contributed by atoms with van der Waals surface area (Å²) in [5, 5.41) is 19.3. The maximum absolute atomic E-state index is 15.5. The van der Waals surface area contributed by atoms with E-state index in [4.69, 9.17) is 26.2 Å². The summed E-state index contributed by atoms with van der Waals surface area (Å²) in [6, 6.07) is 4.55. The van der Waals surface area contributed by atoms with Gasteiger partial charge in [0.2, 0.25) is 5.88 Å². The van der Waals surface area contributed by atoms with Gasteiger partial charge in [0.25, 0.3) is 0 Å². The zero-order valence-corrected chi connectivity index (χ0v) is 24.6. The normalized spacial score (nSPS) is 12.8. The number of nitrogens with zero attached hydrogens (tertiary/aromatic N) is 6. The fraction of sp³-hybridized carbons (Fsp3) is 0.286. The summed E-state index contributed by atoms with van der Waals surface area (Å²) in [6.45, 7) is 5.05. The maximum atomic E-state index is 15.5. The summed E-state index contributed by atoms with van der Waals surface area (Å²) in [5.74, 6) is -0.188. The van der Waals surface area contributed by atoms with Crippen LogP contribution in [0.2, 0.25) is 5.02 Å². The van der Waals surface area contributed by atoms with Crippen molar-refractivity contribution in [3.63, 3.8) is 0 Å². The summed E-state index contributed by atoms with van der Waals surface area (Å²) in [7, 11) is 1.52. The highest BCUT2D eigenvalue weighted by atomic mass is 35.5. The zero-order chi connectivity index (χ0) is 30.1. The van der Waals surface area contributed by atoms with Crippen molar-refractivity contribution in [3.8, 4) is 22.2 Å². The SMILES string of the molecule is COc1cnc2c(-c3nc4c(Cl)c(F)c(O[C@@H](C)[C@@H](C)N(C(=O)O)c5cnc(CCO)nc5)cc4s3)cc(C)cc2n1. The fourth-order valence-corrected chi connectivity index (χ4v) is 5.74. The summed E-state index contributed by atoms with van der Waals surface area (Å²) in [4.78, 5) is 35.0. The van der Waals surface area contributed by atoms with Gasteiger partial charge in [-0.3, -0.25) is 4.90 Å². The van der Waals surface area contributed by atoms with E-state index in [2.05, 4.69) is 24.9 Å². The van der Waals surface area contributed by atoms with Crippen LogP contribution < -0.4 is 14.4 Å². The minimum absolute atomic E-state index is 0.131. The van der Waals surface area contributed by atoms with E-state index < -0.39 is 24.1 Å². The molecule has 0 aliphatic carbocycles. The predicted molar refractivity (Wildman–Crippen MR) is 157 cm³/mol. The van der Waals surface area contributed by atoms with Crippen LogP contribution in [0.5, 0.6) is 11.6 Å². The van der Waals surface area contributed by atoms with Gasteiger partial charge in [0.05, 0.1) is 59.8 Å². The number of carbonyl (C=O) groups is 1. The van der Waals surface area contributed by atoms with Gasteiger partial charge < -0.3 is 19.7 Å². The number of aryl methyl sites for hydroxylation is 1. The predicted octanol–water partition coefficient (Wildman–Crippen LogP) is 5.68. The average Bonchev–Trinajstić information content (AvgIpc) is 3.40. The lowest BCUT2D eigenvalue weighted by atomic mass is 10.1. The van der Waals surface area contributed by atoms with Crippen LogP contribution in [0.1, 0.15) is 25.2 Å². The van der Waals surface area contributed by atoms with E-state index in [9.17, 15) is 9.90 Å². The van der Waals surface area contributed by atoms with Crippen LogP contribution in [0.4, 0.5) is 14.9 Å². The van der Waals surface area contributed by atoms with Crippen molar-refractivity contribution >= 4 is 56.0 Å². The number of hydrogen-bond acceptors (Lipinski definition) is 10. The molecule has 0 aliphatic rings. The maximum Gasteiger partial charge on any atom is 0.412 e. The van der Waals surface area contributed by atoms with Crippen LogP contribution in [0.3, 0.4) is 0 Å². The number of amides is 1. The van der Waals surface area contributed by atoms with E-state index in [1.165, 1.54) is 43.1 Å². The van der Waals surface area contributed by atoms with Crippen molar-refractivity contribution in [3.05, 3.63) is 59.0 Å². The highest BCUT2D eigenvalue weighted by Gasteiger charge is 2.29. The Morgan fingerprint density at radius 3 is 2.52 bits per heavy atom. The largest absolute Gasteiger partial charge is 0.485 e. The Hall–Kier alpha value is -4.20. The Balaban J connectivity index is 1.47. The molecule has 5 rings (SSSR count). The van der Waals surface area contributed by atoms with Crippen LogP contribution in [-0.2, 0) is 6.42 Å². The number of benzene rings is 2. The Morgan fingerprint density at radius 2 is 1.86 bits per heavy atom. The molecule has 1 amide bonds. The molecule has 2 aromatic carbocycles. The molecular formula is C28H26ClFN6O5S. The third-order valence-corrected chi connectivity index (χ3v) is 8.03. The van der Waals surface area contributed by atoms with Gasteiger partial charge in [-0.25, -0.2) is 34.1 Å². The second-order valence-electron chi connectivity index (χ2n) is 9.51. The monoisotopic (exact) mass is 612 g/mol. The van der Waals surface area contributed by atoms with Crippen molar-refractivity contribution in [1.29, 1.82) is 0 Å². The van der Waals surface area contributed by atoms with E-state index >= 15 is 4.39 Å². The number of ether oxygens (including phenoxy) is 2. The highest BCUT2D eigenvalue weighted by molar-refractivity contribution is 7.21.